The average molecular weight is 388 g/mol. The SMILES string of the molecule is C=C1CC[C@@H]2[C@H](OC(=O)[C@H]2Cn2cc(OC)c(=O)[nH]c2=S)[C@H]2C(=C)CCC12. The Balaban J connectivity index is 1.66. The van der Waals surface area contributed by atoms with E-state index in [0.717, 1.165) is 25.7 Å². The van der Waals surface area contributed by atoms with Gasteiger partial charge in [-0.05, 0) is 43.8 Å². The highest BCUT2D eigenvalue weighted by Gasteiger charge is 2.53. The lowest BCUT2D eigenvalue weighted by Gasteiger charge is -2.27. The minimum absolute atomic E-state index is 0.0962. The smallest absolute Gasteiger partial charge is 0.311 e. The molecule has 0 bridgehead atoms. The van der Waals surface area contributed by atoms with E-state index in [1.54, 1.807) is 10.8 Å². The van der Waals surface area contributed by atoms with Gasteiger partial charge in [0.1, 0.15) is 6.10 Å². The summed E-state index contributed by atoms with van der Waals surface area (Å²) >= 11 is 5.28. The zero-order valence-corrected chi connectivity index (χ0v) is 16.2. The van der Waals surface area contributed by atoms with Crippen LogP contribution in [-0.4, -0.2) is 28.7 Å². The summed E-state index contributed by atoms with van der Waals surface area (Å²) in [6.45, 7) is 8.90. The van der Waals surface area contributed by atoms with Gasteiger partial charge in [-0.25, -0.2) is 0 Å². The fraction of sp³-hybridized carbons (Fsp3) is 0.550. The number of allylic oxidation sites excluding steroid dienone is 1. The van der Waals surface area contributed by atoms with Gasteiger partial charge in [0.05, 0.1) is 19.2 Å². The van der Waals surface area contributed by atoms with E-state index in [1.165, 1.54) is 18.3 Å². The monoisotopic (exact) mass is 388 g/mol. The van der Waals surface area contributed by atoms with E-state index in [2.05, 4.69) is 18.1 Å². The number of nitrogens with zero attached hydrogens (tertiary/aromatic N) is 1. The van der Waals surface area contributed by atoms with E-state index in [9.17, 15) is 9.59 Å². The number of H-pyrrole nitrogens is 1. The first-order valence-electron chi connectivity index (χ1n) is 9.34. The molecule has 4 rings (SSSR count). The number of carbonyl (C=O) groups is 1. The van der Waals surface area contributed by atoms with Crippen molar-refractivity contribution in [2.75, 3.05) is 7.11 Å². The summed E-state index contributed by atoms with van der Waals surface area (Å²) in [5.41, 5.74) is 2.06. The number of aromatic nitrogens is 2. The largest absolute Gasteiger partial charge is 0.490 e. The molecular weight excluding hydrogens is 364 g/mol. The molecule has 1 unspecified atom stereocenters. The van der Waals surface area contributed by atoms with Gasteiger partial charge in [0.25, 0.3) is 5.56 Å². The fourth-order valence-corrected chi connectivity index (χ4v) is 5.26. The van der Waals surface area contributed by atoms with Gasteiger partial charge in [0.15, 0.2) is 4.77 Å². The lowest BCUT2D eigenvalue weighted by Crippen LogP contribution is -2.31. The topological polar surface area (TPSA) is 73.3 Å². The van der Waals surface area contributed by atoms with Crippen molar-refractivity contribution in [1.29, 1.82) is 0 Å². The Morgan fingerprint density at radius 1 is 1.30 bits per heavy atom. The Labute approximate surface area is 162 Å². The van der Waals surface area contributed by atoms with Crippen molar-refractivity contribution in [2.24, 2.45) is 23.7 Å². The van der Waals surface area contributed by atoms with Crippen LogP contribution >= 0.6 is 12.2 Å². The molecule has 3 aliphatic rings. The summed E-state index contributed by atoms with van der Waals surface area (Å²) in [7, 11) is 1.43. The maximum absolute atomic E-state index is 12.7. The molecule has 1 aromatic rings. The maximum Gasteiger partial charge on any atom is 0.311 e. The van der Waals surface area contributed by atoms with Gasteiger partial charge in [0.2, 0.25) is 5.75 Å². The Bertz CT molecular complexity index is 931. The molecule has 0 radical (unpaired) electrons. The summed E-state index contributed by atoms with van der Waals surface area (Å²) in [6, 6.07) is 0. The van der Waals surface area contributed by atoms with Crippen LogP contribution in [0.2, 0.25) is 0 Å². The Hall–Kier alpha value is -2.15. The van der Waals surface area contributed by atoms with Crippen LogP contribution in [-0.2, 0) is 16.1 Å². The number of hydrogen-bond donors (Lipinski definition) is 1. The Kier molecular flexibility index (Phi) is 4.58. The second kappa shape index (κ2) is 6.78. The third-order valence-corrected chi connectivity index (χ3v) is 6.78. The summed E-state index contributed by atoms with van der Waals surface area (Å²) in [6.07, 6.45) is 5.23. The molecule has 1 N–H and O–H groups in total. The van der Waals surface area contributed by atoms with Crippen LogP contribution in [0.4, 0.5) is 0 Å². The summed E-state index contributed by atoms with van der Waals surface area (Å²) in [4.78, 5) is 27.2. The lowest BCUT2D eigenvalue weighted by atomic mass is 9.79. The number of hydrogen-bond acceptors (Lipinski definition) is 5. The third-order valence-electron chi connectivity index (χ3n) is 6.44. The van der Waals surface area contributed by atoms with Gasteiger partial charge in [-0.15, -0.1) is 0 Å². The second-order valence-corrected chi connectivity index (χ2v) is 8.19. The van der Waals surface area contributed by atoms with Gasteiger partial charge in [-0.3, -0.25) is 14.6 Å². The zero-order chi connectivity index (χ0) is 19.3. The first kappa shape index (κ1) is 18.2. The average Bonchev–Trinajstić information content (AvgIpc) is 3.11. The van der Waals surface area contributed by atoms with Gasteiger partial charge in [-0.1, -0.05) is 24.3 Å². The van der Waals surface area contributed by atoms with E-state index in [0.29, 0.717) is 12.5 Å². The third kappa shape index (κ3) is 2.98. The molecule has 1 aromatic heterocycles. The van der Waals surface area contributed by atoms with E-state index < -0.39 is 0 Å². The molecule has 2 heterocycles. The second-order valence-electron chi connectivity index (χ2n) is 7.81. The molecule has 6 nitrogen and oxygen atoms in total. The van der Waals surface area contributed by atoms with Crippen molar-refractivity contribution in [3.63, 3.8) is 0 Å². The molecule has 1 saturated heterocycles. The minimum atomic E-state index is -0.374. The van der Waals surface area contributed by atoms with Crippen molar-refractivity contribution < 1.29 is 14.3 Å². The molecule has 0 amide bonds. The highest BCUT2D eigenvalue weighted by Crippen LogP contribution is 2.52. The summed E-state index contributed by atoms with van der Waals surface area (Å²) in [5.74, 6) is 0.315. The molecular formula is C20H24N2O4S. The van der Waals surface area contributed by atoms with Crippen LogP contribution in [0.25, 0.3) is 0 Å². The zero-order valence-electron chi connectivity index (χ0n) is 15.4. The molecule has 0 spiro atoms. The van der Waals surface area contributed by atoms with Crippen molar-refractivity contribution in [1.82, 2.24) is 9.55 Å². The molecule has 5 atom stereocenters. The van der Waals surface area contributed by atoms with E-state index in [-0.39, 0.29) is 45.9 Å². The van der Waals surface area contributed by atoms with Crippen molar-refractivity contribution in [3.8, 4) is 5.75 Å². The molecule has 0 aromatic carbocycles. The number of ether oxygens (including phenoxy) is 2. The molecule has 2 aliphatic carbocycles. The Morgan fingerprint density at radius 3 is 2.78 bits per heavy atom. The van der Waals surface area contributed by atoms with Crippen LogP contribution in [0.5, 0.6) is 5.75 Å². The van der Waals surface area contributed by atoms with Crippen molar-refractivity contribution >= 4 is 18.2 Å². The maximum atomic E-state index is 12.7. The normalized spacial score (nSPS) is 32.6. The highest BCUT2D eigenvalue weighted by atomic mass is 32.1. The van der Waals surface area contributed by atoms with Gasteiger partial charge < -0.3 is 14.0 Å². The number of carbonyl (C=O) groups excluding carboxylic acids is 1. The summed E-state index contributed by atoms with van der Waals surface area (Å²) < 4.78 is 13.0. The molecule has 2 saturated carbocycles. The van der Waals surface area contributed by atoms with Gasteiger partial charge in [0, 0.05) is 18.4 Å². The van der Waals surface area contributed by atoms with Crippen LogP contribution in [0.1, 0.15) is 25.7 Å². The number of aromatic amines is 1. The number of rotatable bonds is 3. The quantitative estimate of drug-likeness (QED) is 0.490. The number of methoxy groups -OCH3 is 1. The minimum Gasteiger partial charge on any atom is -0.490 e. The lowest BCUT2D eigenvalue weighted by molar-refractivity contribution is -0.146. The van der Waals surface area contributed by atoms with Crippen molar-refractivity contribution in [3.05, 3.63) is 45.6 Å². The summed E-state index contributed by atoms with van der Waals surface area (Å²) in [5, 5.41) is 0. The molecule has 3 fully saturated rings. The number of fused-ring (bicyclic) bond motifs is 3. The highest BCUT2D eigenvalue weighted by molar-refractivity contribution is 7.71. The van der Waals surface area contributed by atoms with Crippen LogP contribution in [0.3, 0.4) is 0 Å². The standard InChI is InChI=1S/C20H24N2O4S/c1-10-4-7-13-14(8-22-9-15(25-3)18(23)21-20(22)27)19(24)26-17(13)16-11(2)5-6-12(10)16/h9,12-14,16-17H,1-2,4-8H2,3H3,(H,21,23,27)/t12?,13-,14-,16-,17-/m0/s1. The van der Waals surface area contributed by atoms with Crippen LogP contribution < -0.4 is 10.3 Å². The molecule has 144 valence electrons. The fourth-order valence-electron chi connectivity index (χ4n) is 5.04. The first-order valence-corrected chi connectivity index (χ1v) is 9.75. The van der Waals surface area contributed by atoms with Crippen LogP contribution in [0, 0.1) is 28.4 Å². The molecule has 1 aliphatic heterocycles. The molecule has 7 heteroatoms. The van der Waals surface area contributed by atoms with E-state index in [4.69, 9.17) is 21.7 Å². The van der Waals surface area contributed by atoms with Crippen LogP contribution in [0.15, 0.2) is 35.3 Å². The van der Waals surface area contributed by atoms with Crippen molar-refractivity contribution in [2.45, 2.75) is 38.3 Å². The Morgan fingerprint density at radius 2 is 2.04 bits per heavy atom. The predicted molar refractivity (Wildman–Crippen MR) is 103 cm³/mol. The molecule has 27 heavy (non-hydrogen) atoms. The van der Waals surface area contributed by atoms with E-state index in [1.807, 2.05) is 0 Å². The number of nitrogens with one attached hydrogen (secondary N) is 1. The van der Waals surface area contributed by atoms with Gasteiger partial charge in [-0.2, -0.15) is 0 Å². The number of esters is 1. The first-order chi connectivity index (χ1) is 12.9. The van der Waals surface area contributed by atoms with Gasteiger partial charge >= 0.3 is 5.97 Å². The van der Waals surface area contributed by atoms with E-state index >= 15 is 0 Å². The predicted octanol–water partition coefficient (Wildman–Crippen LogP) is 3.00.